The van der Waals surface area contributed by atoms with E-state index in [1.54, 1.807) is 24.3 Å². The number of amides is 2. The van der Waals surface area contributed by atoms with Gasteiger partial charge in [0.15, 0.2) is 23.1 Å². The topological polar surface area (TPSA) is 241 Å². The molecular formula is C60H84N14O6. The monoisotopic (exact) mass is 1100 g/mol. The number of nitrogens with one attached hydrogen (secondary N) is 4. The molecule has 2 aliphatic rings. The van der Waals surface area contributed by atoms with Crippen LogP contribution >= 0.6 is 0 Å². The Morgan fingerprint density at radius 2 is 0.675 bits per heavy atom. The number of hydrogen-bond acceptors (Lipinski definition) is 18. The molecule has 430 valence electrons. The zero-order chi connectivity index (χ0) is 59.3. The van der Waals surface area contributed by atoms with Crippen LogP contribution in [0.2, 0.25) is 0 Å². The van der Waals surface area contributed by atoms with Crippen molar-refractivity contribution >= 4 is 70.6 Å². The summed E-state index contributed by atoms with van der Waals surface area (Å²) in [6.45, 7) is 40.3. The molecule has 2 aromatic heterocycles. The summed E-state index contributed by atoms with van der Waals surface area (Å²) in [5.74, 6) is 0.626. The molecule has 2 fully saturated rings. The van der Waals surface area contributed by atoms with Crippen LogP contribution in [0, 0.1) is 0 Å². The summed E-state index contributed by atoms with van der Waals surface area (Å²) in [4.78, 5) is 112. The summed E-state index contributed by atoms with van der Waals surface area (Å²) in [5, 5.41) is 12.8. The van der Waals surface area contributed by atoms with Gasteiger partial charge in [-0.05, 0) is 155 Å². The fourth-order valence-electron chi connectivity index (χ4n) is 11.0. The van der Waals surface area contributed by atoms with Gasteiger partial charge in [-0.15, -0.1) is 0 Å². The van der Waals surface area contributed by atoms with Crippen LogP contribution in [0.5, 0.6) is 0 Å². The quantitative estimate of drug-likeness (QED) is 0.0388. The van der Waals surface area contributed by atoms with Crippen molar-refractivity contribution in [3.63, 3.8) is 0 Å². The van der Waals surface area contributed by atoms with Crippen molar-refractivity contribution in [3.8, 4) is 0 Å². The molecule has 0 atom stereocenters. The van der Waals surface area contributed by atoms with Gasteiger partial charge in [0.25, 0.3) is 0 Å². The number of nitrogens with zero attached hydrogens (tertiary/aromatic N) is 10. The lowest BCUT2D eigenvalue weighted by Gasteiger charge is -2.56. The van der Waals surface area contributed by atoms with Crippen molar-refractivity contribution in [2.24, 2.45) is 0 Å². The summed E-state index contributed by atoms with van der Waals surface area (Å²) in [6, 6.07) is -0.253. The summed E-state index contributed by atoms with van der Waals surface area (Å²) >= 11 is 0. The molecule has 4 heterocycles. The van der Waals surface area contributed by atoms with Gasteiger partial charge in [0.1, 0.15) is 0 Å². The van der Waals surface area contributed by atoms with Gasteiger partial charge in [0, 0.05) is 73.5 Å². The van der Waals surface area contributed by atoms with Crippen LogP contribution in [0.15, 0.2) is 125 Å². The summed E-state index contributed by atoms with van der Waals surface area (Å²) in [5.41, 5.74) is -2.33. The van der Waals surface area contributed by atoms with Crippen LogP contribution in [-0.4, -0.2) is 148 Å². The fourth-order valence-corrected chi connectivity index (χ4v) is 11.0. The normalized spacial score (nSPS) is 16.7. The predicted molar refractivity (Wildman–Crippen MR) is 321 cm³/mol. The van der Waals surface area contributed by atoms with Gasteiger partial charge in [-0.3, -0.25) is 28.8 Å². The molecule has 20 heteroatoms. The highest BCUT2D eigenvalue weighted by molar-refractivity contribution is 6.00. The molecule has 0 radical (unpaired) electrons. The second-order valence-corrected chi connectivity index (χ2v) is 22.1. The van der Waals surface area contributed by atoms with Gasteiger partial charge in [-0.1, -0.05) is 76.6 Å². The third-order valence-corrected chi connectivity index (χ3v) is 13.8. The number of unbranched alkanes of at least 4 members (excludes halogenated alkanes) is 3. The zero-order valence-electron chi connectivity index (χ0n) is 48.3. The van der Waals surface area contributed by atoms with Crippen molar-refractivity contribution < 1.29 is 28.8 Å². The Labute approximate surface area is 473 Å². The molecule has 80 heavy (non-hydrogen) atoms. The molecule has 0 spiro atoms. The molecule has 0 unspecified atom stereocenters. The molecule has 0 saturated carbocycles. The maximum Gasteiger partial charge on any atom is 0.246 e. The molecular weight excluding hydrogens is 1010 g/mol. The Kier molecular flexibility index (Phi) is 23.9. The van der Waals surface area contributed by atoms with E-state index in [4.69, 9.17) is 19.9 Å². The highest BCUT2D eigenvalue weighted by Gasteiger charge is 2.50. The summed E-state index contributed by atoms with van der Waals surface area (Å²) in [6.07, 6.45) is 25.4. The van der Waals surface area contributed by atoms with Crippen molar-refractivity contribution in [1.29, 1.82) is 0 Å². The van der Waals surface area contributed by atoms with E-state index in [1.165, 1.54) is 60.8 Å². The van der Waals surface area contributed by atoms with E-state index < -0.39 is 22.2 Å². The van der Waals surface area contributed by atoms with Gasteiger partial charge in [0.2, 0.25) is 47.5 Å². The van der Waals surface area contributed by atoms with Gasteiger partial charge in [0.05, 0.1) is 0 Å². The Bertz CT molecular complexity index is 2410. The number of aromatic nitrogens is 6. The number of likely N-dealkylation sites (tertiary alicyclic amines) is 2. The second-order valence-electron chi connectivity index (χ2n) is 22.1. The van der Waals surface area contributed by atoms with E-state index in [9.17, 15) is 28.8 Å². The lowest BCUT2D eigenvalue weighted by atomic mass is 9.76. The van der Waals surface area contributed by atoms with Gasteiger partial charge in [-0.25, -0.2) is 0 Å². The fraction of sp³-hybridized carbons (Fsp3) is 0.467. The number of piperidine rings is 2. The number of anilines is 6. The molecule has 0 aliphatic carbocycles. The van der Waals surface area contributed by atoms with Crippen molar-refractivity contribution in [2.45, 2.75) is 141 Å². The predicted octanol–water partition coefficient (Wildman–Crippen LogP) is 8.29. The first kappa shape index (κ1) is 64.4. The van der Waals surface area contributed by atoms with Crippen LogP contribution in [-0.2, 0) is 28.8 Å². The van der Waals surface area contributed by atoms with E-state index in [1.807, 2.05) is 9.80 Å². The van der Waals surface area contributed by atoms with Crippen molar-refractivity contribution in [2.75, 3.05) is 70.3 Å². The minimum Gasteiger partial charge on any atom is -0.351 e. The summed E-state index contributed by atoms with van der Waals surface area (Å²) in [7, 11) is 0. The smallest absolute Gasteiger partial charge is 0.246 e. The molecule has 4 rings (SSSR count). The summed E-state index contributed by atoms with van der Waals surface area (Å²) < 4.78 is 0. The van der Waals surface area contributed by atoms with E-state index in [-0.39, 0.29) is 97.0 Å². The molecule has 0 aromatic carbocycles. The molecule has 2 aromatic rings. The van der Waals surface area contributed by atoms with E-state index in [0.29, 0.717) is 50.7 Å². The van der Waals surface area contributed by atoms with Crippen LogP contribution in [0.25, 0.3) is 0 Å². The number of carbonyl (C=O) groups is 6. The third kappa shape index (κ3) is 18.8. The standard InChI is InChI=1S/C60H84N14O6/c1-15-45(75)29-25-33-61-51-65-52(62-34-26-30-46(76)16-2)68-55(67-51)71(43-39-57(7,8)73(49(79)19-5)58(9,10)40-43)37-23-21-22-24-38-72(44-41-59(11,12)74(50(80)20-6)60(13,14)42-44)56-69-53(63-35-27-31-47(77)17-3)66-54(70-56)64-36-28-32-48(78)18-4/h15-20,25-32,43-44H,1-6,21-24,33-42H2,7-14H3,(H2,61,62,65,67,68)(H2,63,64,66,69,70). The first-order valence-electron chi connectivity index (χ1n) is 27.1. The minimum atomic E-state index is -0.583. The molecule has 20 nitrogen and oxygen atoms in total. The van der Waals surface area contributed by atoms with Gasteiger partial charge < -0.3 is 40.9 Å². The van der Waals surface area contributed by atoms with E-state index in [0.717, 1.165) is 25.7 Å². The first-order chi connectivity index (χ1) is 37.8. The second kappa shape index (κ2) is 29.7. The van der Waals surface area contributed by atoms with Crippen LogP contribution < -0.4 is 31.1 Å². The molecule has 4 N–H and O–H groups in total. The average Bonchev–Trinajstić information content (AvgIpc) is 3.40. The lowest BCUT2D eigenvalue weighted by molar-refractivity contribution is -0.145. The number of rotatable bonds is 33. The highest BCUT2D eigenvalue weighted by Crippen LogP contribution is 2.43. The molecule has 2 amide bonds. The Balaban J connectivity index is 1.73. The lowest BCUT2D eigenvalue weighted by Crippen LogP contribution is -2.66. The first-order valence-corrected chi connectivity index (χ1v) is 27.1. The maximum atomic E-state index is 13.4. The molecule has 0 bridgehead atoms. The molecule has 2 aliphatic heterocycles. The molecule has 2 saturated heterocycles. The average molecular weight is 1100 g/mol. The third-order valence-electron chi connectivity index (χ3n) is 13.8. The Morgan fingerprint density at radius 1 is 0.425 bits per heavy atom. The number of hydrogen-bond donors (Lipinski definition) is 4. The highest BCUT2D eigenvalue weighted by atomic mass is 16.2. The van der Waals surface area contributed by atoms with E-state index >= 15 is 0 Å². The van der Waals surface area contributed by atoms with Gasteiger partial charge >= 0.3 is 0 Å². The number of carbonyl (C=O) groups excluding carboxylic acids is 6. The van der Waals surface area contributed by atoms with Crippen molar-refractivity contribution in [1.82, 2.24) is 39.7 Å². The zero-order valence-corrected chi connectivity index (χ0v) is 48.3. The number of allylic oxidation sites excluding steroid dienone is 8. The van der Waals surface area contributed by atoms with Crippen LogP contribution in [0.3, 0.4) is 0 Å². The van der Waals surface area contributed by atoms with Crippen molar-refractivity contribution in [3.05, 3.63) is 125 Å². The van der Waals surface area contributed by atoms with Gasteiger partial charge in [-0.2, -0.15) is 29.9 Å². The Hall–Kier alpha value is -8.16. The van der Waals surface area contributed by atoms with Crippen LogP contribution in [0.4, 0.5) is 35.7 Å². The largest absolute Gasteiger partial charge is 0.351 e. The SMILES string of the molecule is C=CC(=O)C=CCNc1nc(NCC=CC(=O)C=C)nc(N(CCCCCCN(c2nc(NCC=CC(=O)C=C)nc(NCC=CC(=O)C=C)n2)C2CC(C)(C)N(C(=O)C=C)C(C)(C)C2)C2CC(C)(C)N(C(=O)C=C)C(C)(C)C2)n1. The Morgan fingerprint density at radius 3 is 0.900 bits per heavy atom. The van der Waals surface area contributed by atoms with E-state index in [2.05, 4.69) is 136 Å². The maximum absolute atomic E-state index is 13.4. The van der Waals surface area contributed by atoms with Crippen LogP contribution in [0.1, 0.15) is 107 Å². The minimum absolute atomic E-state index is 0.126. The number of ketones is 4.